The van der Waals surface area contributed by atoms with Crippen molar-refractivity contribution in [3.05, 3.63) is 53.6 Å². The monoisotopic (exact) mass is 446 g/mol. The van der Waals surface area contributed by atoms with Gasteiger partial charge in [0.25, 0.3) is 0 Å². The number of aliphatic carboxylic acids is 1. The first-order valence-electron chi connectivity index (χ1n) is 10.6. The van der Waals surface area contributed by atoms with Gasteiger partial charge < -0.3 is 19.3 Å². The van der Waals surface area contributed by atoms with Crippen molar-refractivity contribution >= 4 is 17.7 Å². The fraction of sp³-hybridized carbons (Fsp3) is 0.480. The number of rotatable bonds is 12. The van der Waals surface area contributed by atoms with Crippen LogP contribution in [0.5, 0.6) is 11.5 Å². The molecule has 5 nitrogen and oxygen atoms in total. The van der Waals surface area contributed by atoms with E-state index in [-0.39, 0.29) is 6.10 Å². The van der Waals surface area contributed by atoms with Crippen molar-refractivity contribution in [2.45, 2.75) is 64.1 Å². The van der Waals surface area contributed by atoms with Crippen molar-refractivity contribution in [3.8, 4) is 11.5 Å². The number of ether oxygens (including phenoxy) is 3. The Labute approximate surface area is 190 Å². The van der Waals surface area contributed by atoms with Gasteiger partial charge in [-0.05, 0) is 75.1 Å². The molecule has 0 fully saturated rings. The van der Waals surface area contributed by atoms with Crippen molar-refractivity contribution in [1.82, 2.24) is 0 Å². The molecule has 6 heteroatoms. The smallest absolute Gasteiger partial charge is 0.347 e. The molecule has 170 valence electrons. The quantitative estimate of drug-likeness (QED) is 0.407. The summed E-state index contributed by atoms with van der Waals surface area (Å²) >= 11 is 1.68. The van der Waals surface area contributed by atoms with E-state index in [0.29, 0.717) is 24.9 Å². The van der Waals surface area contributed by atoms with E-state index in [9.17, 15) is 9.90 Å². The maximum absolute atomic E-state index is 11.3. The number of carboxylic acid groups (broad SMARTS) is 1. The van der Waals surface area contributed by atoms with E-state index in [1.807, 2.05) is 44.2 Å². The number of carbonyl (C=O) groups is 1. The average Bonchev–Trinajstić information content (AvgIpc) is 2.72. The number of aryl methyl sites for hydroxylation is 1. The normalized spacial score (nSPS) is 12.6. The summed E-state index contributed by atoms with van der Waals surface area (Å²) in [6.45, 7) is 12.4. The molecular weight excluding hydrogens is 412 g/mol. The van der Waals surface area contributed by atoms with Crippen LogP contribution in [-0.2, 0) is 9.53 Å². The minimum atomic E-state index is -1.27. The number of benzene rings is 2. The minimum absolute atomic E-state index is 0.0399. The molecule has 2 rings (SSSR count). The fourth-order valence-corrected chi connectivity index (χ4v) is 3.85. The molecule has 0 aliphatic heterocycles. The zero-order valence-electron chi connectivity index (χ0n) is 19.3. The van der Waals surface area contributed by atoms with Gasteiger partial charge in [0, 0.05) is 17.3 Å². The number of carboxylic acids is 1. The molecule has 0 saturated carbocycles. The van der Waals surface area contributed by atoms with E-state index in [1.165, 1.54) is 5.56 Å². The lowest BCUT2D eigenvalue weighted by Gasteiger charge is -2.23. The van der Waals surface area contributed by atoms with Crippen LogP contribution in [0.3, 0.4) is 0 Å². The van der Waals surface area contributed by atoms with Gasteiger partial charge in [0.05, 0.1) is 0 Å². The first-order chi connectivity index (χ1) is 14.6. The molecule has 1 unspecified atom stereocenters. The second-order valence-corrected chi connectivity index (χ2v) is 9.36. The summed E-state index contributed by atoms with van der Waals surface area (Å²) in [7, 11) is 0. The highest BCUT2D eigenvalue weighted by Crippen LogP contribution is 2.29. The van der Waals surface area contributed by atoms with Crippen LogP contribution in [0.4, 0.5) is 0 Å². The molecule has 31 heavy (non-hydrogen) atoms. The third kappa shape index (κ3) is 7.78. The van der Waals surface area contributed by atoms with Crippen LogP contribution >= 0.6 is 11.8 Å². The summed E-state index contributed by atoms with van der Waals surface area (Å²) in [5, 5.41) is 9.26. The minimum Gasteiger partial charge on any atom is -0.491 e. The fourth-order valence-electron chi connectivity index (χ4n) is 2.85. The number of hydrogen-bond donors (Lipinski definition) is 1. The summed E-state index contributed by atoms with van der Waals surface area (Å²) in [6.07, 6.45) is -0.0399. The van der Waals surface area contributed by atoms with Crippen molar-refractivity contribution in [2.75, 3.05) is 19.0 Å². The molecule has 0 saturated heterocycles. The molecule has 0 spiro atoms. The number of hydrogen-bond acceptors (Lipinski definition) is 5. The summed E-state index contributed by atoms with van der Waals surface area (Å²) in [5.74, 6) is 1.67. The highest BCUT2D eigenvalue weighted by molar-refractivity contribution is 7.99. The van der Waals surface area contributed by atoms with Crippen molar-refractivity contribution in [2.24, 2.45) is 0 Å². The molecule has 0 bridgehead atoms. The van der Waals surface area contributed by atoms with Gasteiger partial charge in [-0.3, -0.25) is 0 Å². The van der Waals surface area contributed by atoms with E-state index in [4.69, 9.17) is 14.2 Å². The summed E-state index contributed by atoms with van der Waals surface area (Å²) in [5.41, 5.74) is 0.914. The van der Waals surface area contributed by atoms with Gasteiger partial charge in [-0.15, -0.1) is 11.8 Å². The standard InChI is InChI=1S/C25H34O5S/c1-7-28-21(15-29-20-10-8-19(9-11-20)17(2)3)16-31-22-12-13-23(18(4)14-22)30-25(5,6)24(26)27/h8-14,17,21H,7,15-16H2,1-6H3,(H,26,27). The van der Waals surface area contributed by atoms with Gasteiger partial charge in [0.15, 0.2) is 5.60 Å². The van der Waals surface area contributed by atoms with Gasteiger partial charge in [-0.1, -0.05) is 26.0 Å². The van der Waals surface area contributed by atoms with Gasteiger partial charge in [-0.25, -0.2) is 4.79 Å². The van der Waals surface area contributed by atoms with Crippen molar-refractivity contribution in [3.63, 3.8) is 0 Å². The second kappa shape index (κ2) is 11.4. The largest absolute Gasteiger partial charge is 0.491 e. The lowest BCUT2D eigenvalue weighted by molar-refractivity contribution is -0.152. The Morgan fingerprint density at radius 3 is 2.35 bits per heavy atom. The third-order valence-corrected chi connectivity index (χ3v) is 5.97. The van der Waals surface area contributed by atoms with Crippen LogP contribution in [0.1, 0.15) is 51.7 Å². The lowest BCUT2D eigenvalue weighted by atomic mass is 10.0. The topological polar surface area (TPSA) is 65.0 Å². The Morgan fingerprint density at radius 2 is 1.81 bits per heavy atom. The molecule has 0 aliphatic rings. The predicted molar refractivity (Wildman–Crippen MR) is 126 cm³/mol. The van der Waals surface area contributed by atoms with Gasteiger partial charge in [-0.2, -0.15) is 0 Å². The van der Waals surface area contributed by atoms with E-state index >= 15 is 0 Å². The molecule has 0 heterocycles. The van der Waals surface area contributed by atoms with Gasteiger partial charge in [0.1, 0.15) is 24.2 Å². The van der Waals surface area contributed by atoms with Crippen LogP contribution in [0.15, 0.2) is 47.4 Å². The van der Waals surface area contributed by atoms with E-state index in [0.717, 1.165) is 22.0 Å². The van der Waals surface area contributed by atoms with Crippen LogP contribution in [0.2, 0.25) is 0 Å². The van der Waals surface area contributed by atoms with E-state index in [1.54, 1.807) is 25.6 Å². The molecule has 1 N–H and O–H groups in total. The first-order valence-corrected chi connectivity index (χ1v) is 11.6. The Balaban J connectivity index is 1.93. The van der Waals surface area contributed by atoms with Crippen molar-refractivity contribution < 1.29 is 24.1 Å². The molecular formula is C25H34O5S. The highest BCUT2D eigenvalue weighted by Gasteiger charge is 2.29. The van der Waals surface area contributed by atoms with Gasteiger partial charge in [0.2, 0.25) is 0 Å². The summed E-state index contributed by atoms with van der Waals surface area (Å²) < 4.78 is 17.5. The van der Waals surface area contributed by atoms with Crippen LogP contribution in [0.25, 0.3) is 0 Å². The van der Waals surface area contributed by atoms with Gasteiger partial charge >= 0.3 is 5.97 Å². The Bertz CT molecular complexity index is 845. The average molecular weight is 447 g/mol. The maximum Gasteiger partial charge on any atom is 0.347 e. The molecule has 0 aliphatic carbocycles. The predicted octanol–water partition coefficient (Wildman–Crippen LogP) is 5.94. The lowest BCUT2D eigenvalue weighted by Crippen LogP contribution is -2.38. The van der Waals surface area contributed by atoms with Crippen LogP contribution in [-0.4, -0.2) is 41.7 Å². The maximum atomic E-state index is 11.3. The van der Waals surface area contributed by atoms with E-state index in [2.05, 4.69) is 26.0 Å². The first kappa shape index (κ1) is 25.1. The second-order valence-electron chi connectivity index (χ2n) is 8.27. The van der Waals surface area contributed by atoms with Crippen LogP contribution in [0, 0.1) is 6.92 Å². The SMILES string of the molecule is CCOC(COc1ccc(C(C)C)cc1)CSc1ccc(OC(C)(C)C(=O)O)c(C)c1. The molecule has 0 amide bonds. The molecule has 2 aromatic rings. The summed E-state index contributed by atoms with van der Waals surface area (Å²) in [6, 6.07) is 14.0. The molecule has 0 aromatic heterocycles. The zero-order valence-corrected chi connectivity index (χ0v) is 20.1. The Hall–Kier alpha value is -2.18. The molecule has 0 radical (unpaired) electrons. The zero-order chi connectivity index (χ0) is 23.0. The highest BCUT2D eigenvalue weighted by atomic mass is 32.2. The Morgan fingerprint density at radius 1 is 1.13 bits per heavy atom. The Kier molecular flexibility index (Phi) is 9.26. The van der Waals surface area contributed by atoms with Crippen molar-refractivity contribution in [1.29, 1.82) is 0 Å². The third-order valence-electron chi connectivity index (χ3n) is 4.85. The molecule has 2 aromatic carbocycles. The van der Waals surface area contributed by atoms with Crippen LogP contribution < -0.4 is 9.47 Å². The molecule has 1 atom stereocenters. The van der Waals surface area contributed by atoms with E-state index < -0.39 is 11.6 Å². The number of thioether (sulfide) groups is 1. The summed E-state index contributed by atoms with van der Waals surface area (Å²) in [4.78, 5) is 12.4.